The molecular formula is C17H30N2. The zero-order valence-electron chi connectivity index (χ0n) is 12.8. The number of nitrogens with one attached hydrogen (secondary N) is 1. The maximum atomic E-state index is 5.84. The van der Waals surface area contributed by atoms with Crippen LogP contribution in [0.2, 0.25) is 0 Å². The Bertz CT molecular complexity index is 343. The number of aryl methyl sites for hydroxylation is 1. The lowest BCUT2D eigenvalue weighted by atomic mass is 9.86. The molecule has 0 bridgehead atoms. The van der Waals surface area contributed by atoms with E-state index in [1.54, 1.807) is 0 Å². The Labute approximate surface area is 118 Å². The third kappa shape index (κ3) is 4.96. The Kier molecular flexibility index (Phi) is 7.76. The lowest BCUT2D eigenvalue weighted by molar-refractivity contribution is 0.319. The highest BCUT2D eigenvalue weighted by Gasteiger charge is 2.20. The summed E-state index contributed by atoms with van der Waals surface area (Å²) in [6.07, 6.45) is 7.26. The minimum atomic E-state index is 0.289. The van der Waals surface area contributed by atoms with Crippen LogP contribution in [0.25, 0.3) is 0 Å². The van der Waals surface area contributed by atoms with Crippen LogP contribution >= 0.6 is 0 Å². The second kappa shape index (κ2) is 9.11. The summed E-state index contributed by atoms with van der Waals surface area (Å²) in [6.45, 7) is 6.73. The van der Waals surface area contributed by atoms with E-state index < -0.39 is 0 Å². The number of rotatable bonds is 9. The van der Waals surface area contributed by atoms with Gasteiger partial charge in [0.15, 0.2) is 0 Å². The molecule has 0 fully saturated rings. The smallest absolute Gasteiger partial charge is 0.0488 e. The van der Waals surface area contributed by atoms with Crippen molar-refractivity contribution >= 4 is 0 Å². The summed E-state index contributed by atoms with van der Waals surface area (Å²) in [6, 6.07) is 9.21. The average Bonchev–Trinajstić information content (AvgIpc) is 2.41. The molecule has 0 saturated heterocycles. The van der Waals surface area contributed by atoms with Crippen LogP contribution in [0.5, 0.6) is 0 Å². The van der Waals surface area contributed by atoms with E-state index in [1.807, 2.05) is 0 Å². The van der Waals surface area contributed by atoms with Crippen LogP contribution in [-0.2, 0) is 6.42 Å². The van der Waals surface area contributed by atoms with E-state index >= 15 is 0 Å². The van der Waals surface area contributed by atoms with Gasteiger partial charge in [-0.3, -0.25) is 11.3 Å². The molecule has 1 rings (SSSR count). The van der Waals surface area contributed by atoms with Gasteiger partial charge >= 0.3 is 0 Å². The van der Waals surface area contributed by atoms with Crippen molar-refractivity contribution in [3.8, 4) is 0 Å². The largest absolute Gasteiger partial charge is 0.271 e. The monoisotopic (exact) mass is 262 g/mol. The van der Waals surface area contributed by atoms with E-state index in [0.29, 0.717) is 5.92 Å². The standard InChI is InChI=1S/C17H30N2/c1-4-8-14-11-7-12-16(13-14)17(19-18)15(9-5-2)10-6-3/h7,11-13,15,17,19H,4-6,8-10,18H2,1-3H3. The fourth-order valence-electron chi connectivity index (χ4n) is 2.95. The predicted octanol–water partition coefficient (Wildman–Crippen LogP) is 4.36. The lowest BCUT2D eigenvalue weighted by Gasteiger charge is -2.27. The van der Waals surface area contributed by atoms with E-state index in [2.05, 4.69) is 50.5 Å². The van der Waals surface area contributed by atoms with Crippen LogP contribution < -0.4 is 11.3 Å². The summed E-state index contributed by atoms with van der Waals surface area (Å²) >= 11 is 0. The Balaban J connectivity index is 2.89. The Morgan fingerprint density at radius 1 is 1.05 bits per heavy atom. The van der Waals surface area contributed by atoms with Gasteiger partial charge in [-0.1, -0.05) is 64.3 Å². The Morgan fingerprint density at radius 3 is 2.26 bits per heavy atom. The van der Waals surface area contributed by atoms with Crippen molar-refractivity contribution in [2.45, 2.75) is 65.3 Å². The molecule has 3 N–H and O–H groups in total. The van der Waals surface area contributed by atoms with Crippen LogP contribution in [0, 0.1) is 5.92 Å². The summed E-state index contributed by atoms with van der Waals surface area (Å²) in [7, 11) is 0. The third-order valence-electron chi connectivity index (χ3n) is 3.82. The van der Waals surface area contributed by atoms with E-state index in [-0.39, 0.29) is 6.04 Å². The van der Waals surface area contributed by atoms with E-state index in [4.69, 9.17) is 5.84 Å². The second-order valence-electron chi connectivity index (χ2n) is 5.48. The molecule has 1 atom stereocenters. The first-order chi connectivity index (χ1) is 9.26. The molecule has 0 aliphatic rings. The molecule has 1 aromatic carbocycles. The van der Waals surface area contributed by atoms with E-state index in [9.17, 15) is 0 Å². The van der Waals surface area contributed by atoms with Crippen LogP contribution in [0.3, 0.4) is 0 Å². The molecular weight excluding hydrogens is 232 g/mol. The molecule has 2 nitrogen and oxygen atoms in total. The fourth-order valence-corrected chi connectivity index (χ4v) is 2.95. The van der Waals surface area contributed by atoms with Crippen molar-refractivity contribution < 1.29 is 0 Å². The normalized spacial score (nSPS) is 12.9. The van der Waals surface area contributed by atoms with Crippen molar-refractivity contribution in [3.63, 3.8) is 0 Å². The van der Waals surface area contributed by atoms with Crippen molar-refractivity contribution in [1.82, 2.24) is 5.43 Å². The van der Waals surface area contributed by atoms with Gasteiger partial charge in [0, 0.05) is 6.04 Å². The van der Waals surface area contributed by atoms with E-state index in [0.717, 1.165) is 6.42 Å². The SMILES string of the molecule is CCCc1cccc(C(NN)C(CCC)CCC)c1. The van der Waals surface area contributed by atoms with Gasteiger partial charge in [0.25, 0.3) is 0 Å². The summed E-state index contributed by atoms with van der Waals surface area (Å²) in [4.78, 5) is 0. The summed E-state index contributed by atoms with van der Waals surface area (Å²) in [5, 5.41) is 0. The molecule has 108 valence electrons. The number of hydrazine groups is 1. The maximum Gasteiger partial charge on any atom is 0.0488 e. The summed E-state index contributed by atoms with van der Waals surface area (Å²) in [5.41, 5.74) is 5.83. The maximum absolute atomic E-state index is 5.84. The molecule has 0 saturated carbocycles. The predicted molar refractivity (Wildman–Crippen MR) is 83.8 cm³/mol. The highest BCUT2D eigenvalue weighted by Crippen LogP contribution is 2.29. The first-order valence-corrected chi connectivity index (χ1v) is 7.81. The first kappa shape index (κ1) is 16.2. The van der Waals surface area contributed by atoms with Crippen LogP contribution in [0.4, 0.5) is 0 Å². The van der Waals surface area contributed by atoms with Gasteiger partial charge in [-0.25, -0.2) is 0 Å². The van der Waals surface area contributed by atoms with Gasteiger partial charge in [-0.15, -0.1) is 0 Å². The van der Waals surface area contributed by atoms with Crippen molar-refractivity contribution in [1.29, 1.82) is 0 Å². The first-order valence-electron chi connectivity index (χ1n) is 7.81. The molecule has 2 heteroatoms. The zero-order valence-corrected chi connectivity index (χ0v) is 12.8. The van der Waals surface area contributed by atoms with Gasteiger partial charge in [-0.05, 0) is 36.3 Å². The molecule has 0 aliphatic carbocycles. The number of benzene rings is 1. The topological polar surface area (TPSA) is 38.0 Å². The van der Waals surface area contributed by atoms with E-state index in [1.165, 1.54) is 43.2 Å². The number of hydrogen-bond donors (Lipinski definition) is 2. The number of hydrogen-bond acceptors (Lipinski definition) is 2. The van der Waals surface area contributed by atoms with Crippen molar-refractivity contribution in [2.24, 2.45) is 11.8 Å². The summed E-state index contributed by atoms with van der Waals surface area (Å²) in [5.74, 6) is 6.48. The van der Waals surface area contributed by atoms with Crippen molar-refractivity contribution in [2.75, 3.05) is 0 Å². The Morgan fingerprint density at radius 2 is 1.74 bits per heavy atom. The van der Waals surface area contributed by atoms with Crippen LogP contribution in [0.1, 0.15) is 70.0 Å². The zero-order chi connectivity index (χ0) is 14.1. The Hall–Kier alpha value is -0.860. The molecule has 0 aromatic heterocycles. The highest BCUT2D eigenvalue weighted by molar-refractivity contribution is 5.26. The minimum Gasteiger partial charge on any atom is -0.271 e. The van der Waals surface area contributed by atoms with Crippen LogP contribution in [-0.4, -0.2) is 0 Å². The quantitative estimate of drug-likeness (QED) is 0.512. The highest BCUT2D eigenvalue weighted by atomic mass is 15.2. The lowest BCUT2D eigenvalue weighted by Crippen LogP contribution is -2.33. The molecule has 0 radical (unpaired) electrons. The fraction of sp³-hybridized carbons (Fsp3) is 0.647. The average molecular weight is 262 g/mol. The molecule has 0 heterocycles. The minimum absolute atomic E-state index is 0.289. The molecule has 0 spiro atoms. The van der Waals surface area contributed by atoms with Gasteiger partial charge in [0.05, 0.1) is 0 Å². The molecule has 0 amide bonds. The van der Waals surface area contributed by atoms with Gasteiger partial charge in [0.1, 0.15) is 0 Å². The third-order valence-corrected chi connectivity index (χ3v) is 3.82. The molecule has 0 aliphatic heterocycles. The number of nitrogens with two attached hydrogens (primary N) is 1. The van der Waals surface area contributed by atoms with Gasteiger partial charge in [0.2, 0.25) is 0 Å². The molecule has 19 heavy (non-hydrogen) atoms. The van der Waals surface area contributed by atoms with Gasteiger partial charge in [-0.2, -0.15) is 0 Å². The molecule has 1 aromatic rings. The van der Waals surface area contributed by atoms with Crippen LogP contribution in [0.15, 0.2) is 24.3 Å². The second-order valence-corrected chi connectivity index (χ2v) is 5.48. The van der Waals surface area contributed by atoms with Crippen molar-refractivity contribution in [3.05, 3.63) is 35.4 Å². The summed E-state index contributed by atoms with van der Waals surface area (Å²) < 4.78 is 0. The van der Waals surface area contributed by atoms with Gasteiger partial charge < -0.3 is 0 Å². The molecule has 1 unspecified atom stereocenters.